The molecular weight excluding hydrogens is 268 g/mol. The molecule has 0 aliphatic rings. The Bertz CT molecular complexity index is 531. The van der Waals surface area contributed by atoms with E-state index in [0.29, 0.717) is 16.3 Å². The molecule has 0 aliphatic carbocycles. The first-order valence-electron chi connectivity index (χ1n) is 5.51. The van der Waals surface area contributed by atoms with Gasteiger partial charge in [-0.3, -0.25) is 0 Å². The van der Waals surface area contributed by atoms with Crippen molar-refractivity contribution in [2.24, 2.45) is 0 Å². The maximum Gasteiger partial charge on any atom is 0.121 e. The second kappa shape index (κ2) is 6.14. The summed E-state index contributed by atoms with van der Waals surface area (Å²) in [6.45, 7) is 0. The quantitative estimate of drug-likeness (QED) is 0.835. The molecule has 0 aromatic heterocycles. The maximum absolute atomic E-state index is 10.0. The van der Waals surface area contributed by atoms with Crippen LogP contribution >= 0.6 is 23.4 Å². The fourth-order valence-electron chi connectivity index (χ4n) is 1.59. The third-order valence-electron chi connectivity index (χ3n) is 2.50. The van der Waals surface area contributed by atoms with Crippen LogP contribution in [-0.4, -0.2) is 16.0 Å². The lowest BCUT2D eigenvalue weighted by Gasteiger charge is -2.12. The molecule has 94 valence electrons. The number of phenolic OH excluding ortho intramolecular Hbond substituents is 1. The lowest BCUT2D eigenvalue weighted by molar-refractivity contribution is 0.199. The highest BCUT2D eigenvalue weighted by molar-refractivity contribution is 7.99. The number of hydrogen-bond acceptors (Lipinski definition) is 3. The summed E-state index contributed by atoms with van der Waals surface area (Å²) in [4.78, 5) is 0.997. The number of phenols is 1. The predicted octanol–water partition coefficient (Wildman–Crippen LogP) is 3.87. The smallest absolute Gasteiger partial charge is 0.121 e. The van der Waals surface area contributed by atoms with Gasteiger partial charge in [0.05, 0.1) is 6.10 Å². The Labute approximate surface area is 115 Å². The Morgan fingerprint density at radius 1 is 1.11 bits per heavy atom. The van der Waals surface area contributed by atoms with E-state index in [0.717, 1.165) is 4.90 Å². The molecular formula is C14H13ClO2S. The summed E-state index contributed by atoms with van der Waals surface area (Å²) in [5.74, 6) is 0.592. The van der Waals surface area contributed by atoms with Gasteiger partial charge in [-0.2, -0.15) is 0 Å². The Balaban J connectivity index is 2.00. The predicted molar refractivity (Wildman–Crippen MR) is 75.2 cm³/mol. The van der Waals surface area contributed by atoms with Crippen LogP contribution in [0.3, 0.4) is 0 Å². The summed E-state index contributed by atoms with van der Waals surface area (Å²) >= 11 is 7.39. The van der Waals surface area contributed by atoms with E-state index in [1.54, 1.807) is 24.3 Å². The van der Waals surface area contributed by atoms with Crippen molar-refractivity contribution in [1.82, 2.24) is 0 Å². The molecule has 0 radical (unpaired) electrons. The van der Waals surface area contributed by atoms with Crippen molar-refractivity contribution in [3.05, 3.63) is 59.1 Å². The van der Waals surface area contributed by atoms with Crippen LogP contribution in [-0.2, 0) is 0 Å². The largest absolute Gasteiger partial charge is 0.508 e. The number of benzene rings is 2. The van der Waals surface area contributed by atoms with Gasteiger partial charge in [0, 0.05) is 21.2 Å². The van der Waals surface area contributed by atoms with Gasteiger partial charge in [-0.25, -0.2) is 0 Å². The number of thioether (sulfide) groups is 1. The number of aliphatic hydroxyl groups is 1. The minimum Gasteiger partial charge on any atom is -0.508 e. The van der Waals surface area contributed by atoms with Crippen LogP contribution in [0.25, 0.3) is 0 Å². The molecule has 0 fully saturated rings. The van der Waals surface area contributed by atoms with Gasteiger partial charge in [0.25, 0.3) is 0 Å². The number of para-hydroxylation sites is 1. The topological polar surface area (TPSA) is 40.5 Å². The molecule has 0 saturated heterocycles. The van der Waals surface area contributed by atoms with E-state index in [1.165, 1.54) is 11.8 Å². The zero-order valence-electron chi connectivity index (χ0n) is 9.58. The van der Waals surface area contributed by atoms with Crippen LogP contribution in [0.4, 0.5) is 0 Å². The van der Waals surface area contributed by atoms with E-state index >= 15 is 0 Å². The monoisotopic (exact) mass is 280 g/mol. The van der Waals surface area contributed by atoms with E-state index in [1.807, 2.05) is 24.3 Å². The number of hydrogen-bond donors (Lipinski definition) is 2. The lowest BCUT2D eigenvalue weighted by Crippen LogP contribution is -2.00. The summed E-state index contributed by atoms with van der Waals surface area (Å²) in [7, 11) is 0. The van der Waals surface area contributed by atoms with E-state index in [9.17, 15) is 10.2 Å². The Morgan fingerprint density at radius 3 is 2.61 bits per heavy atom. The molecule has 0 amide bonds. The van der Waals surface area contributed by atoms with E-state index in [4.69, 9.17) is 11.6 Å². The molecule has 0 saturated carbocycles. The van der Waals surface area contributed by atoms with Crippen LogP contribution in [0.15, 0.2) is 53.4 Å². The van der Waals surface area contributed by atoms with Gasteiger partial charge < -0.3 is 10.2 Å². The first kappa shape index (κ1) is 13.3. The fourth-order valence-corrected chi connectivity index (χ4v) is 2.76. The zero-order valence-corrected chi connectivity index (χ0v) is 11.2. The van der Waals surface area contributed by atoms with Crippen molar-refractivity contribution in [1.29, 1.82) is 0 Å². The molecule has 2 aromatic rings. The summed E-state index contributed by atoms with van der Waals surface area (Å²) in [5, 5.41) is 20.3. The van der Waals surface area contributed by atoms with Crippen molar-refractivity contribution in [3.8, 4) is 5.75 Å². The van der Waals surface area contributed by atoms with Crippen molar-refractivity contribution in [3.63, 3.8) is 0 Å². The van der Waals surface area contributed by atoms with Crippen LogP contribution in [0.2, 0.25) is 5.02 Å². The second-order valence-electron chi connectivity index (χ2n) is 3.84. The molecule has 0 heterocycles. The highest BCUT2D eigenvalue weighted by atomic mass is 35.5. The molecule has 1 unspecified atom stereocenters. The van der Waals surface area contributed by atoms with Crippen molar-refractivity contribution in [2.45, 2.75) is 11.0 Å². The van der Waals surface area contributed by atoms with Gasteiger partial charge in [0.15, 0.2) is 0 Å². The molecule has 0 spiro atoms. The normalized spacial score (nSPS) is 12.3. The molecule has 2 nitrogen and oxygen atoms in total. The summed E-state index contributed by atoms with van der Waals surface area (Å²) in [6, 6.07) is 14.3. The molecule has 2 aromatic carbocycles. The molecule has 18 heavy (non-hydrogen) atoms. The van der Waals surface area contributed by atoms with E-state index < -0.39 is 6.10 Å². The lowest BCUT2D eigenvalue weighted by atomic mass is 10.1. The molecule has 1 atom stereocenters. The summed E-state index contributed by atoms with van der Waals surface area (Å²) < 4.78 is 0. The molecule has 2 N–H and O–H groups in total. The number of rotatable bonds is 4. The van der Waals surface area contributed by atoms with Gasteiger partial charge in [-0.15, -0.1) is 11.8 Å². The SMILES string of the molecule is Oc1ccccc1C(O)CSc1cccc(Cl)c1. The Morgan fingerprint density at radius 2 is 1.89 bits per heavy atom. The summed E-state index contributed by atoms with van der Waals surface area (Å²) in [5.41, 5.74) is 0.548. The average Bonchev–Trinajstić information content (AvgIpc) is 2.37. The first-order chi connectivity index (χ1) is 8.66. The van der Waals surface area contributed by atoms with Gasteiger partial charge in [-0.1, -0.05) is 35.9 Å². The average molecular weight is 281 g/mol. The minimum absolute atomic E-state index is 0.122. The molecule has 4 heteroatoms. The van der Waals surface area contributed by atoms with Gasteiger partial charge in [0.1, 0.15) is 5.75 Å². The Kier molecular flexibility index (Phi) is 4.53. The zero-order chi connectivity index (χ0) is 13.0. The van der Waals surface area contributed by atoms with Gasteiger partial charge in [0.2, 0.25) is 0 Å². The third kappa shape index (κ3) is 3.42. The minimum atomic E-state index is -0.699. The summed E-state index contributed by atoms with van der Waals surface area (Å²) in [6.07, 6.45) is -0.699. The van der Waals surface area contributed by atoms with Crippen molar-refractivity contribution < 1.29 is 10.2 Å². The van der Waals surface area contributed by atoms with E-state index in [2.05, 4.69) is 0 Å². The van der Waals surface area contributed by atoms with Crippen molar-refractivity contribution >= 4 is 23.4 Å². The number of aromatic hydroxyl groups is 1. The Hall–Kier alpha value is -1.16. The maximum atomic E-state index is 10.0. The second-order valence-corrected chi connectivity index (χ2v) is 5.37. The van der Waals surface area contributed by atoms with Gasteiger partial charge in [-0.05, 0) is 24.3 Å². The van der Waals surface area contributed by atoms with E-state index in [-0.39, 0.29) is 5.75 Å². The number of aliphatic hydroxyl groups excluding tert-OH is 1. The van der Waals surface area contributed by atoms with Crippen molar-refractivity contribution in [2.75, 3.05) is 5.75 Å². The van der Waals surface area contributed by atoms with Gasteiger partial charge >= 0.3 is 0 Å². The highest BCUT2D eigenvalue weighted by Crippen LogP contribution is 2.30. The molecule has 0 aliphatic heterocycles. The molecule has 0 bridgehead atoms. The van der Waals surface area contributed by atoms with Crippen LogP contribution in [0.1, 0.15) is 11.7 Å². The van der Waals surface area contributed by atoms with Crippen LogP contribution in [0, 0.1) is 0 Å². The first-order valence-corrected chi connectivity index (χ1v) is 6.87. The molecule has 2 rings (SSSR count). The number of halogens is 1. The standard InChI is InChI=1S/C14H13ClO2S/c15-10-4-3-5-11(8-10)18-9-14(17)12-6-1-2-7-13(12)16/h1-8,14,16-17H,9H2. The highest BCUT2D eigenvalue weighted by Gasteiger charge is 2.11. The fraction of sp³-hybridized carbons (Fsp3) is 0.143. The third-order valence-corrected chi connectivity index (χ3v) is 3.80. The van der Waals surface area contributed by atoms with Crippen LogP contribution in [0.5, 0.6) is 5.75 Å². The van der Waals surface area contributed by atoms with Crippen LogP contribution < -0.4 is 0 Å².